The monoisotopic (exact) mass is 358 g/mol. The lowest BCUT2D eigenvalue weighted by molar-refractivity contribution is 0.240. The van der Waals surface area contributed by atoms with E-state index in [1.807, 2.05) is 0 Å². The summed E-state index contributed by atoms with van der Waals surface area (Å²) < 4.78 is 1.19. The highest BCUT2D eigenvalue weighted by Crippen LogP contribution is 2.34. The molecular formula is C19H23BrN2. The molecule has 0 radical (unpaired) electrons. The summed E-state index contributed by atoms with van der Waals surface area (Å²) in [6.45, 7) is 6.57. The Bertz CT molecular complexity index is 618. The maximum absolute atomic E-state index is 3.76. The van der Waals surface area contributed by atoms with E-state index in [2.05, 4.69) is 81.6 Å². The summed E-state index contributed by atoms with van der Waals surface area (Å²) in [5, 5.41) is 3.51. The summed E-state index contributed by atoms with van der Waals surface area (Å²) >= 11 is 3.76. The van der Waals surface area contributed by atoms with Gasteiger partial charge in [-0.15, -0.1) is 0 Å². The lowest BCUT2D eigenvalue weighted by atomic mass is 9.95. The molecular weight excluding hydrogens is 336 g/mol. The molecule has 116 valence electrons. The van der Waals surface area contributed by atoms with E-state index in [1.165, 1.54) is 27.6 Å². The van der Waals surface area contributed by atoms with Crippen molar-refractivity contribution < 1.29 is 0 Å². The Labute approximate surface area is 141 Å². The molecule has 3 heteroatoms. The molecule has 2 aromatic rings. The molecule has 1 unspecified atom stereocenters. The molecule has 2 nitrogen and oxygen atoms in total. The molecule has 0 saturated carbocycles. The van der Waals surface area contributed by atoms with Gasteiger partial charge in [0.1, 0.15) is 0 Å². The van der Waals surface area contributed by atoms with Gasteiger partial charge in [0.15, 0.2) is 0 Å². The maximum atomic E-state index is 3.76. The van der Waals surface area contributed by atoms with Crippen LogP contribution in [0.4, 0.5) is 0 Å². The van der Waals surface area contributed by atoms with Crippen LogP contribution in [0.15, 0.2) is 53.0 Å². The Balaban J connectivity index is 2.03. The summed E-state index contributed by atoms with van der Waals surface area (Å²) in [5.41, 5.74) is 4.06. The SMILES string of the molecule is Cc1cccc(C(c2ccccc2Br)N2CCCNCC2)c1. The third-order valence-corrected chi connectivity index (χ3v) is 5.02. The van der Waals surface area contributed by atoms with Gasteiger partial charge in [0, 0.05) is 24.1 Å². The smallest absolute Gasteiger partial charge is 0.0613 e. The van der Waals surface area contributed by atoms with Gasteiger partial charge >= 0.3 is 0 Å². The Morgan fingerprint density at radius 1 is 1.05 bits per heavy atom. The van der Waals surface area contributed by atoms with E-state index in [0.29, 0.717) is 6.04 Å². The van der Waals surface area contributed by atoms with E-state index in [-0.39, 0.29) is 0 Å². The Morgan fingerprint density at radius 3 is 2.73 bits per heavy atom. The maximum Gasteiger partial charge on any atom is 0.0613 e. The van der Waals surface area contributed by atoms with Gasteiger partial charge in [0.05, 0.1) is 6.04 Å². The zero-order valence-electron chi connectivity index (χ0n) is 13.1. The van der Waals surface area contributed by atoms with Gasteiger partial charge in [-0.05, 0) is 37.1 Å². The van der Waals surface area contributed by atoms with Crippen LogP contribution < -0.4 is 5.32 Å². The van der Waals surface area contributed by atoms with Crippen molar-refractivity contribution >= 4 is 15.9 Å². The van der Waals surface area contributed by atoms with E-state index in [4.69, 9.17) is 0 Å². The van der Waals surface area contributed by atoms with Gasteiger partial charge in [-0.1, -0.05) is 64.0 Å². The van der Waals surface area contributed by atoms with E-state index >= 15 is 0 Å². The van der Waals surface area contributed by atoms with Crippen molar-refractivity contribution in [3.05, 3.63) is 69.7 Å². The average molecular weight is 359 g/mol. The van der Waals surface area contributed by atoms with Crippen molar-refractivity contribution in [1.29, 1.82) is 0 Å². The fourth-order valence-electron chi connectivity index (χ4n) is 3.25. The molecule has 3 rings (SSSR count). The molecule has 1 fully saturated rings. The topological polar surface area (TPSA) is 15.3 Å². The normalized spacial score (nSPS) is 17.9. The van der Waals surface area contributed by atoms with Crippen LogP contribution in [0.5, 0.6) is 0 Å². The number of hydrogen-bond acceptors (Lipinski definition) is 2. The van der Waals surface area contributed by atoms with Crippen molar-refractivity contribution in [3.63, 3.8) is 0 Å². The number of rotatable bonds is 3. The van der Waals surface area contributed by atoms with Crippen LogP contribution in [-0.4, -0.2) is 31.1 Å². The molecule has 0 amide bonds. The molecule has 1 atom stereocenters. The van der Waals surface area contributed by atoms with Gasteiger partial charge in [-0.2, -0.15) is 0 Å². The predicted molar refractivity (Wildman–Crippen MR) is 96.2 cm³/mol. The average Bonchev–Trinajstić information content (AvgIpc) is 2.79. The first-order chi connectivity index (χ1) is 10.8. The van der Waals surface area contributed by atoms with Crippen LogP contribution >= 0.6 is 15.9 Å². The van der Waals surface area contributed by atoms with Gasteiger partial charge in [-0.25, -0.2) is 0 Å². The first kappa shape index (κ1) is 15.7. The van der Waals surface area contributed by atoms with Crippen LogP contribution in [0.25, 0.3) is 0 Å². The molecule has 0 spiro atoms. The Morgan fingerprint density at radius 2 is 1.91 bits per heavy atom. The third-order valence-electron chi connectivity index (χ3n) is 4.30. The molecule has 1 aliphatic heterocycles. The van der Waals surface area contributed by atoms with Crippen LogP contribution in [0.3, 0.4) is 0 Å². The van der Waals surface area contributed by atoms with Crippen LogP contribution in [0.1, 0.15) is 29.2 Å². The fourth-order valence-corrected chi connectivity index (χ4v) is 3.75. The molecule has 1 N–H and O–H groups in total. The molecule has 1 aliphatic rings. The van der Waals surface area contributed by atoms with Crippen molar-refractivity contribution in [2.75, 3.05) is 26.2 Å². The van der Waals surface area contributed by atoms with Gasteiger partial charge in [0.25, 0.3) is 0 Å². The second kappa shape index (κ2) is 7.40. The molecule has 0 bridgehead atoms. The van der Waals surface area contributed by atoms with E-state index < -0.39 is 0 Å². The molecule has 22 heavy (non-hydrogen) atoms. The predicted octanol–water partition coefficient (Wildman–Crippen LogP) is 4.14. The Hall–Kier alpha value is -1.16. The molecule has 1 heterocycles. The molecule has 0 aliphatic carbocycles. The summed E-state index contributed by atoms with van der Waals surface area (Å²) in [6, 6.07) is 17.9. The summed E-state index contributed by atoms with van der Waals surface area (Å²) in [4.78, 5) is 2.61. The van der Waals surface area contributed by atoms with Crippen molar-refractivity contribution in [3.8, 4) is 0 Å². The minimum atomic E-state index is 0.315. The van der Waals surface area contributed by atoms with Gasteiger partial charge in [-0.3, -0.25) is 4.90 Å². The fraction of sp³-hybridized carbons (Fsp3) is 0.368. The Kier molecular flexibility index (Phi) is 5.29. The zero-order chi connectivity index (χ0) is 15.4. The molecule has 1 saturated heterocycles. The number of aryl methyl sites for hydroxylation is 1. The molecule has 2 aromatic carbocycles. The summed E-state index contributed by atoms with van der Waals surface area (Å²) in [5.74, 6) is 0. The number of nitrogens with zero attached hydrogens (tertiary/aromatic N) is 1. The highest BCUT2D eigenvalue weighted by Gasteiger charge is 2.24. The quantitative estimate of drug-likeness (QED) is 0.886. The van der Waals surface area contributed by atoms with E-state index in [9.17, 15) is 0 Å². The number of hydrogen-bond donors (Lipinski definition) is 1. The second-order valence-corrected chi connectivity index (χ2v) is 6.83. The van der Waals surface area contributed by atoms with Crippen LogP contribution in [-0.2, 0) is 0 Å². The zero-order valence-corrected chi connectivity index (χ0v) is 14.6. The summed E-state index contributed by atoms with van der Waals surface area (Å²) in [6.07, 6.45) is 1.20. The number of benzene rings is 2. The van der Waals surface area contributed by atoms with Crippen LogP contribution in [0.2, 0.25) is 0 Å². The number of nitrogens with one attached hydrogen (secondary N) is 1. The van der Waals surface area contributed by atoms with E-state index in [1.54, 1.807) is 0 Å². The lowest BCUT2D eigenvalue weighted by Crippen LogP contribution is -2.33. The van der Waals surface area contributed by atoms with Crippen LogP contribution in [0, 0.1) is 6.92 Å². The largest absolute Gasteiger partial charge is 0.315 e. The second-order valence-electron chi connectivity index (χ2n) is 5.98. The van der Waals surface area contributed by atoms with E-state index in [0.717, 1.165) is 26.2 Å². The highest BCUT2D eigenvalue weighted by molar-refractivity contribution is 9.10. The van der Waals surface area contributed by atoms with Gasteiger partial charge in [0.2, 0.25) is 0 Å². The first-order valence-electron chi connectivity index (χ1n) is 8.01. The minimum Gasteiger partial charge on any atom is -0.315 e. The number of halogens is 1. The molecule has 0 aromatic heterocycles. The van der Waals surface area contributed by atoms with Crippen molar-refractivity contribution in [1.82, 2.24) is 10.2 Å². The lowest BCUT2D eigenvalue weighted by Gasteiger charge is -2.32. The highest BCUT2D eigenvalue weighted by atomic mass is 79.9. The first-order valence-corrected chi connectivity index (χ1v) is 8.81. The van der Waals surface area contributed by atoms with Crippen molar-refractivity contribution in [2.24, 2.45) is 0 Å². The van der Waals surface area contributed by atoms with Crippen molar-refractivity contribution in [2.45, 2.75) is 19.4 Å². The van der Waals surface area contributed by atoms with Gasteiger partial charge < -0.3 is 5.32 Å². The standard InChI is InChI=1S/C19H23BrN2/c1-15-6-4-7-16(14-15)19(17-8-2-3-9-18(17)20)22-12-5-10-21-11-13-22/h2-4,6-9,14,19,21H,5,10-13H2,1H3. The summed E-state index contributed by atoms with van der Waals surface area (Å²) in [7, 11) is 0. The third kappa shape index (κ3) is 3.60. The minimum absolute atomic E-state index is 0.315.